The van der Waals surface area contributed by atoms with Gasteiger partial charge in [-0.15, -0.1) is 0 Å². The van der Waals surface area contributed by atoms with E-state index in [0.717, 1.165) is 5.56 Å². The van der Waals surface area contributed by atoms with Gasteiger partial charge in [0.05, 0.1) is 12.6 Å². The third kappa shape index (κ3) is 2.87. The van der Waals surface area contributed by atoms with Gasteiger partial charge in [0, 0.05) is 6.42 Å². The molecule has 0 spiro atoms. The van der Waals surface area contributed by atoms with Crippen molar-refractivity contribution in [1.29, 1.82) is 0 Å². The van der Waals surface area contributed by atoms with Gasteiger partial charge in [0.2, 0.25) is 5.72 Å². The number of hydrogen-bond donors (Lipinski definition) is 1. The summed E-state index contributed by atoms with van der Waals surface area (Å²) in [5.74, 6) is 0. The molecule has 1 N–H and O–H groups in total. The summed E-state index contributed by atoms with van der Waals surface area (Å²) in [6, 6.07) is 17.2. The quantitative estimate of drug-likeness (QED) is 0.930. The van der Waals surface area contributed by atoms with E-state index in [1.807, 2.05) is 18.2 Å². The maximum atomic E-state index is 13.6. The van der Waals surface area contributed by atoms with Crippen molar-refractivity contribution in [3.63, 3.8) is 0 Å². The molecule has 2 aromatic carbocycles. The molecule has 0 saturated carbocycles. The van der Waals surface area contributed by atoms with Crippen LogP contribution < -0.4 is 5.32 Å². The Labute approximate surface area is 126 Å². The molecule has 1 heterocycles. The van der Waals surface area contributed by atoms with E-state index in [9.17, 15) is 13.2 Å². The lowest BCUT2D eigenvalue weighted by Crippen LogP contribution is -2.56. The normalized spacial score (nSPS) is 25.3. The zero-order chi connectivity index (χ0) is 15.6. The second-order valence-corrected chi connectivity index (χ2v) is 5.41. The van der Waals surface area contributed by atoms with Crippen molar-refractivity contribution in [2.75, 3.05) is 6.61 Å². The zero-order valence-electron chi connectivity index (χ0n) is 11.8. The molecular formula is C17H16F3NO. The van der Waals surface area contributed by atoms with Crippen molar-refractivity contribution in [3.05, 3.63) is 71.8 Å². The van der Waals surface area contributed by atoms with Crippen LogP contribution in [0.2, 0.25) is 0 Å². The molecule has 0 amide bonds. The van der Waals surface area contributed by atoms with E-state index in [4.69, 9.17) is 4.74 Å². The Bertz CT molecular complexity index is 615. The van der Waals surface area contributed by atoms with Gasteiger partial charge in [-0.2, -0.15) is 13.2 Å². The molecule has 2 aromatic rings. The minimum absolute atomic E-state index is 0.00361. The Hall–Kier alpha value is -1.85. The van der Waals surface area contributed by atoms with Crippen molar-refractivity contribution in [3.8, 4) is 0 Å². The Morgan fingerprint density at radius 1 is 1.00 bits per heavy atom. The van der Waals surface area contributed by atoms with Crippen LogP contribution >= 0.6 is 0 Å². The lowest BCUT2D eigenvalue weighted by Gasteiger charge is -2.31. The van der Waals surface area contributed by atoms with E-state index in [0.29, 0.717) is 5.56 Å². The molecule has 22 heavy (non-hydrogen) atoms. The van der Waals surface area contributed by atoms with Crippen LogP contribution in [0.4, 0.5) is 13.2 Å². The fourth-order valence-corrected chi connectivity index (χ4v) is 2.70. The summed E-state index contributed by atoms with van der Waals surface area (Å²) in [5, 5.41) is 2.66. The van der Waals surface area contributed by atoms with E-state index in [1.165, 1.54) is 0 Å². The lowest BCUT2D eigenvalue weighted by atomic mass is 10.0. The van der Waals surface area contributed by atoms with Crippen LogP contribution in [0.1, 0.15) is 17.2 Å². The molecule has 5 heteroatoms. The Kier molecular flexibility index (Phi) is 3.93. The SMILES string of the molecule is FC(F)(F)[C@]1(Cc2ccccc2)N[C@H](c2ccccc2)CO1. The van der Waals surface area contributed by atoms with Crippen molar-refractivity contribution >= 4 is 0 Å². The molecule has 0 radical (unpaired) electrons. The predicted molar refractivity (Wildman–Crippen MR) is 77.2 cm³/mol. The summed E-state index contributed by atoms with van der Waals surface area (Å²) in [7, 11) is 0. The third-order valence-electron chi connectivity index (χ3n) is 3.86. The van der Waals surface area contributed by atoms with Gasteiger partial charge in [-0.05, 0) is 11.1 Å². The molecule has 1 aliphatic heterocycles. The van der Waals surface area contributed by atoms with Gasteiger partial charge in [0.1, 0.15) is 0 Å². The van der Waals surface area contributed by atoms with Crippen LogP contribution in [0, 0.1) is 0 Å². The molecule has 0 unspecified atom stereocenters. The van der Waals surface area contributed by atoms with Gasteiger partial charge >= 0.3 is 6.18 Å². The standard InChI is InChI=1S/C17H16F3NO/c18-17(19,20)16(11-13-7-3-1-4-8-13)21-15(12-22-16)14-9-5-2-6-10-14/h1-10,15,21H,11-12H2/t15-,16+/m0/s1. The van der Waals surface area contributed by atoms with E-state index < -0.39 is 17.9 Å². The highest BCUT2D eigenvalue weighted by atomic mass is 19.4. The molecule has 3 rings (SSSR count). The van der Waals surface area contributed by atoms with Crippen LogP contribution in [-0.4, -0.2) is 18.5 Å². The minimum Gasteiger partial charge on any atom is -0.349 e. The maximum Gasteiger partial charge on any atom is 0.431 e. The van der Waals surface area contributed by atoms with Crippen molar-refractivity contribution in [2.24, 2.45) is 0 Å². The molecule has 0 aliphatic carbocycles. The Morgan fingerprint density at radius 3 is 2.18 bits per heavy atom. The molecular weight excluding hydrogens is 291 g/mol. The van der Waals surface area contributed by atoms with E-state index >= 15 is 0 Å². The number of nitrogens with one attached hydrogen (secondary N) is 1. The first-order valence-corrected chi connectivity index (χ1v) is 7.07. The number of alkyl halides is 3. The number of rotatable bonds is 3. The molecule has 116 valence electrons. The average molecular weight is 307 g/mol. The van der Waals surface area contributed by atoms with Crippen molar-refractivity contribution < 1.29 is 17.9 Å². The van der Waals surface area contributed by atoms with Crippen LogP contribution in [0.5, 0.6) is 0 Å². The highest BCUT2D eigenvalue weighted by Crippen LogP contribution is 2.40. The van der Waals surface area contributed by atoms with Gasteiger partial charge in [0.25, 0.3) is 0 Å². The predicted octanol–water partition coefficient (Wildman–Crippen LogP) is 3.85. The van der Waals surface area contributed by atoms with Crippen molar-refractivity contribution in [2.45, 2.75) is 24.4 Å². The molecule has 1 fully saturated rings. The first kappa shape index (κ1) is 15.1. The van der Waals surface area contributed by atoms with Crippen molar-refractivity contribution in [1.82, 2.24) is 5.32 Å². The van der Waals surface area contributed by atoms with E-state index in [2.05, 4.69) is 5.32 Å². The van der Waals surface area contributed by atoms with E-state index in [-0.39, 0.29) is 13.0 Å². The fourth-order valence-electron chi connectivity index (χ4n) is 2.70. The molecule has 2 nitrogen and oxygen atoms in total. The lowest BCUT2D eigenvalue weighted by molar-refractivity contribution is -0.270. The summed E-state index contributed by atoms with van der Waals surface area (Å²) >= 11 is 0. The molecule has 2 atom stereocenters. The van der Waals surface area contributed by atoms with Crippen LogP contribution in [0.25, 0.3) is 0 Å². The summed E-state index contributed by atoms with van der Waals surface area (Å²) in [5.41, 5.74) is -0.961. The summed E-state index contributed by atoms with van der Waals surface area (Å²) in [6.45, 7) is -0.00361. The van der Waals surface area contributed by atoms with Crippen LogP contribution in [0.3, 0.4) is 0 Å². The summed E-state index contributed by atoms with van der Waals surface area (Å²) < 4.78 is 46.0. The van der Waals surface area contributed by atoms with Crippen LogP contribution in [-0.2, 0) is 11.2 Å². The van der Waals surface area contributed by atoms with Gasteiger partial charge in [-0.25, -0.2) is 0 Å². The van der Waals surface area contributed by atoms with E-state index in [1.54, 1.807) is 42.5 Å². The van der Waals surface area contributed by atoms with Gasteiger partial charge in [-0.1, -0.05) is 60.7 Å². The van der Waals surface area contributed by atoms with Gasteiger partial charge in [-0.3, -0.25) is 5.32 Å². The summed E-state index contributed by atoms with van der Waals surface area (Å²) in [6.07, 6.45) is -4.74. The summed E-state index contributed by atoms with van der Waals surface area (Å²) in [4.78, 5) is 0. The van der Waals surface area contributed by atoms with Gasteiger partial charge < -0.3 is 4.74 Å². The van der Waals surface area contributed by atoms with Crippen LogP contribution in [0.15, 0.2) is 60.7 Å². The first-order valence-electron chi connectivity index (χ1n) is 7.07. The smallest absolute Gasteiger partial charge is 0.349 e. The molecule has 1 saturated heterocycles. The third-order valence-corrected chi connectivity index (χ3v) is 3.86. The number of benzene rings is 2. The number of hydrogen-bond acceptors (Lipinski definition) is 2. The molecule has 1 aliphatic rings. The zero-order valence-corrected chi connectivity index (χ0v) is 11.8. The van der Waals surface area contributed by atoms with Gasteiger partial charge in [0.15, 0.2) is 0 Å². The number of ether oxygens (including phenoxy) is 1. The average Bonchev–Trinajstić information content (AvgIpc) is 2.94. The largest absolute Gasteiger partial charge is 0.431 e. The molecule has 0 aromatic heterocycles. The molecule has 0 bridgehead atoms. The first-order chi connectivity index (χ1) is 10.5. The fraction of sp³-hybridized carbons (Fsp3) is 0.294. The highest BCUT2D eigenvalue weighted by Gasteiger charge is 2.60. The highest BCUT2D eigenvalue weighted by molar-refractivity contribution is 5.23. The Morgan fingerprint density at radius 2 is 1.59 bits per heavy atom. The topological polar surface area (TPSA) is 21.3 Å². The second kappa shape index (κ2) is 5.74. The Balaban J connectivity index is 1.86. The monoisotopic (exact) mass is 307 g/mol. The second-order valence-electron chi connectivity index (χ2n) is 5.41. The number of halogens is 3. The minimum atomic E-state index is -4.49. The maximum absolute atomic E-state index is 13.6.